The van der Waals surface area contributed by atoms with Gasteiger partial charge in [0.15, 0.2) is 11.0 Å². The zero-order chi connectivity index (χ0) is 98.0. The number of fused-ring (bicyclic) bond motifs is 4. The fraction of sp³-hybridized carbons (Fsp3) is 0.204. The zero-order valence-electron chi connectivity index (χ0n) is 75.5. The average Bonchev–Trinajstić information content (AvgIpc) is 1.67. The van der Waals surface area contributed by atoms with Crippen molar-refractivity contribution in [1.29, 1.82) is 10.5 Å². The standard InChI is InChI=1S/C23H18ClN7O2.C23H17ClN4O2.C16H12ClN7O2.C16H14N4O.C7H4Cl2O.3C4H9.CH4O.N3.Sn/c24-19-8-4-7-17(11-19)23(32)30(14-22-26-28-29-27-22)20-9-10-21-18(12-20)13-25-31(21)33-15-16-5-2-1-3-6-16;24-20-8-4-7-18(13-20)23(29)27(12-11-25)21-9-10-22-19(14-21)15-26-28(22)30-16-17-5-2-1-3-6-17;17-12-3-1-2-10(6-12)16(25)23(9-15-19-21-22-20-15)13-4-5-14-11(7-13)8-18-24(14)26;17-8-9-18-15-6-7-16-14(10-15)11-19-20(16)21-12-13-4-2-1-3-5-13;8-6-3-1-2-5(4-6)7(9)10;3*1-3-4-2;1-2;1-3-2;/h1-13H,14-15H2,(H,26,27,28,29);1-10,13-15H,12,16H2;1-8,26H,9H2,(H,19,20,21,22);1-7,10-11,18H,9,12H2;1-4H;3*1,3-4H2,2H3;2H,1H3;;/q;;;;;;;;;-1;+1/p+1. The molecule has 138 heavy (non-hydrogen) atoms. The van der Waals surface area contributed by atoms with Crippen molar-refractivity contribution in [2.45, 2.75) is 99.0 Å². The van der Waals surface area contributed by atoms with Gasteiger partial charge in [-0.3, -0.25) is 29.0 Å². The first-order valence-corrected chi connectivity index (χ1v) is 52.8. The van der Waals surface area contributed by atoms with Gasteiger partial charge in [-0.15, -0.1) is 45.7 Å². The molecule has 0 bridgehead atoms. The van der Waals surface area contributed by atoms with Crippen LogP contribution in [0.15, 0.2) is 294 Å². The minimum Gasteiger partial charge on any atom is -0.411 e. The molecule has 6 heterocycles. The van der Waals surface area contributed by atoms with Crippen LogP contribution in [0.3, 0.4) is 0 Å². The Labute approximate surface area is 823 Å². The summed E-state index contributed by atoms with van der Waals surface area (Å²) in [6.07, 6.45) is 14.1. The van der Waals surface area contributed by atoms with E-state index >= 15 is 0 Å². The third-order valence-corrected chi connectivity index (χ3v) is 34.5. The quantitative estimate of drug-likeness (QED) is 0.00423. The molecule has 40 heteroatoms. The number of halogens is 5. The summed E-state index contributed by atoms with van der Waals surface area (Å²) in [6, 6.07) is 82.3. The molecule has 0 aliphatic carbocycles. The van der Waals surface area contributed by atoms with Crippen LogP contribution >= 0.6 is 58.0 Å². The van der Waals surface area contributed by atoms with Gasteiger partial charge >= 0.3 is 111 Å². The zero-order valence-corrected chi connectivity index (χ0v) is 82.1. The molecule has 706 valence electrons. The summed E-state index contributed by atoms with van der Waals surface area (Å²) in [6.45, 7) is 8.41. The number of tetrazole rings is 1. The summed E-state index contributed by atoms with van der Waals surface area (Å²) >= 11 is 26.4. The van der Waals surface area contributed by atoms with Gasteiger partial charge in [0.2, 0.25) is 0 Å². The number of nitrogens with zero attached hydrogens (tertiary/aromatic N) is 21. The van der Waals surface area contributed by atoms with Crippen molar-refractivity contribution in [3.8, 4) is 12.1 Å². The van der Waals surface area contributed by atoms with Crippen LogP contribution in [-0.2, 0) is 26.4 Å². The molecule has 5 aromatic heterocycles. The van der Waals surface area contributed by atoms with Gasteiger partial charge in [0, 0.05) is 93.7 Å². The van der Waals surface area contributed by atoms with Crippen LogP contribution in [0, 0.1) is 22.7 Å². The summed E-state index contributed by atoms with van der Waals surface area (Å²) in [5.74, 6) is 0.0748. The summed E-state index contributed by atoms with van der Waals surface area (Å²) in [4.78, 5) is 84.1. The summed E-state index contributed by atoms with van der Waals surface area (Å²) < 4.78 is 8.18. The number of azide groups is 1. The van der Waals surface area contributed by atoms with E-state index in [1.807, 2.05) is 146 Å². The van der Waals surface area contributed by atoms with E-state index in [1.165, 1.54) is 88.4 Å². The Morgan fingerprint density at radius 3 is 1.29 bits per heavy atom. The SMILES string of the molecule is CCC[CH2][Sn]([CH2]CCC)([CH2]CCC)[N]=[N+]=[N-].CO.N#CCN(C(=O)c1cccc(Cl)c1)c1ccc2c(cnn2OCc2ccccc2)c1.N#CCNc1ccc2c(cnn2OCc2ccccc2)c1.O=C(Cl)c1cccc(Cl)c1.O=C(c1cccc(Cl)c1)N(CC1=[N+]=NNN1)c1ccc2c(cnn2O)c1.O=C(c1cccc(Cl)c1)N(Cc1nn[nH]n1)c1ccc2c(cnn2OCc2ccccc2)c1. The van der Waals surface area contributed by atoms with E-state index in [0.717, 1.165) is 67.0 Å². The maximum atomic E-state index is 13.4. The van der Waals surface area contributed by atoms with Gasteiger partial charge in [-0.2, -0.15) is 15.7 Å². The number of hydrogen-bond acceptors (Lipinski definition) is 23. The number of carbonyl (C=O) groups excluding carboxylic acids is 4. The number of aromatic amines is 1. The van der Waals surface area contributed by atoms with E-state index < -0.39 is 23.9 Å². The molecule has 34 nitrogen and oxygen atoms in total. The molecule has 17 rings (SSSR count). The van der Waals surface area contributed by atoms with Crippen LogP contribution in [0.5, 0.6) is 0 Å². The van der Waals surface area contributed by atoms with Gasteiger partial charge in [-0.1, -0.05) is 187 Å². The molecule has 16 aromatic rings. The van der Waals surface area contributed by atoms with Crippen LogP contribution in [0.2, 0.25) is 33.4 Å². The van der Waals surface area contributed by atoms with E-state index in [-0.39, 0.29) is 43.9 Å². The average molecular weight is 2060 g/mol. The van der Waals surface area contributed by atoms with Crippen molar-refractivity contribution >= 4 is 172 Å². The number of rotatable bonds is 33. The van der Waals surface area contributed by atoms with Gasteiger partial charge in [0.1, 0.15) is 61.5 Å². The fourth-order valence-corrected chi connectivity index (χ4v) is 27.1. The Morgan fingerprint density at radius 2 is 0.899 bits per heavy atom. The fourth-order valence-electron chi connectivity index (χ4n) is 14.0. The Balaban J connectivity index is 0.000000163. The molecule has 3 amide bonds. The smallest absolute Gasteiger partial charge is 0.368 e. The molecule has 1 aliphatic heterocycles. The number of hydrogen-bond donors (Lipinski definition) is 6. The first kappa shape index (κ1) is 103. The monoisotopic (exact) mass is 2060 g/mol. The number of unbranched alkanes of at least 4 members (excludes halogenated alkanes) is 3. The van der Waals surface area contributed by atoms with Crippen LogP contribution < -0.4 is 45.5 Å². The van der Waals surface area contributed by atoms with Gasteiger partial charge < -0.3 is 35.0 Å². The van der Waals surface area contributed by atoms with Crippen LogP contribution in [0.25, 0.3) is 54.1 Å². The van der Waals surface area contributed by atoms with Crippen molar-refractivity contribution in [3.05, 3.63) is 361 Å². The largest absolute Gasteiger partial charge is 0.411 e. The van der Waals surface area contributed by atoms with Gasteiger partial charge in [0.05, 0.1) is 43.5 Å². The molecule has 0 atom stereocenters. The first-order valence-electron chi connectivity index (χ1n) is 43.5. The third-order valence-electron chi connectivity index (χ3n) is 20.9. The summed E-state index contributed by atoms with van der Waals surface area (Å²) in [7, 11) is 1.00. The Morgan fingerprint density at radius 1 is 0.500 bits per heavy atom. The molecule has 0 saturated carbocycles. The van der Waals surface area contributed by atoms with E-state index in [4.69, 9.17) is 88.4 Å². The molecule has 6 N–H and O–H groups in total. The van der Waals surface area contributed by atoms with Crippen LogP contribution in [-0.4, -0.2) is 150 Å². The molecular formula is C98H97Cl5N25O9Sn+. The van der Waals surface area contributed by atoms with Crippen LogP contribution in [0.1, 0.15) is 123 Å². The maximum Gasteiger partial charge on any atom is 0.368 e. The number of benzene rings is 11. The molecule has 0 spiro atoms. The minimum atomic E-state index is -2.45. The van der Waals surface area contributed by atoms with E-state index in [9.17, 15) is 29.6 Å². The molecule has 1 aliphatic rings. The van der Waals surface area contributed by atoms with Crippen molar-refractivity contribution in [2.75, 3.05) is 46.8 Å². The number of aliphatic hydroxyl groups excluding tert-OH is 1. The molecule has 0 fully saturated rings. The Hall–Kier alpha value is -15.1. The predicted octanol–water partition coefficient (Wildman–Crippen LogP) is 20.4. The predicted molar refractivity (Wildman–Crippen MR) is 536 cm³/mol. The normalized spacial score (nSPS) is 10.9. The maximum absolute atomic E-state index is 13.4. The van der Waals surface area contributed by atoms with Crippen molar-refractivity contribution in [3.63, 3.8) is 0 Å². The first-order chi connectivity index (χ1) is 67.2. The molecular weight excluding hydrogens is 1970 g/mol. The summed E-state index contributed by atoms with van der Waals surface area (Å²) in [5.41, 5.74) is 24.7. The van der Waals surface area contributed by atoms with E-state index in [2.05, 4.69) is 102 Å². The number of nitrogens with one attached hydrogen (secondary N) is 4. The van der Waals surface area contributed by atoms with Crippen molar-refractivity contribution in [1.82, 2.24) is 71.4 Å². The van der Waals surface area contributed by atoms with Crippen molar-refractivity contribution < 1.29 is 48.8 Å². The Bertz CT molecular complexity index is 6890. The van der Waals surface area contributed by atoms with E-state index in [1.54, 1.807) is 139 Å². The second-order valence-corrected chi connectivity index (χ2v) is 44.4. The molecule has 0 saturated heterocycles. The topological polar surface area (TPSA) is 431 Å². The third kappa shape index (κ3) is 30.2. The van der Waals surface area contributed by atoms with Crippen molar-refractivity contribution in [2.24, 2.45) is 8.56 Å². The Kier molecular flexibility index (Phi) is 40.4. The molecule has 0 radical (unpaired) electrons. The number of aliphatic hydroxyl groups is 1. The molecule has 11 aromatic carbocycles. The number of anilines is 4. The second kappa shape index (κ2) is 53.9. The van der Waals surface area contributed by atoms with E-state index in [0.29, 0.717) is 102 Å². The number of carbonyl (C=O) groups is 4. The minimum absolute atomic E-state index is 0.0878. The van der Waals surface area contributed by atoms with Gasteiger partial charge in [-0.05, 0) is 174 Å². The number of hydrazine groups is 1. The number of nitriles is 2. The summed E-state index contributed by atoms with van der Waals surface area (Å²) in [5, 5.41) is 76.5. The van der Waals surface area contributed by atoms with Gasteiger partial charge in [0.25, 0.3) is 23.0 Å². The van der Waals surface area contributed by atoms with Crippen LogP contribution in [0.4, 0.5) is 22.7 Å². The number of amides is 3. The molecule has 0 unspecified atom stereocenters. The van der Waals surface area contributed by atoms with Gasteiger partial charge in [-0.25, -0.2) is 0 Å². The second-order valence-electron chi connectivity index (χ2n) is 30.5. The number of H-pyrrole nitrogens is 1. The number of amidine groups is 1. The number of aromatic nitrogens is 12.